The molecule has 192 valence electrons. The van der Waals surface area contributed by atoms with Crippen LogP contribution in [-0.4, -0.2) is 60.2 Å². The third-order valence-corrected chi connectivity index (χ3v) is 7.63. The number of ketones is 1. The summed E-state index contributed by atoms with van der Waals surface area (Å²) in [4.78, 5) is 38.6. The molecule has 2 atom stereocenters. The summed E-state index contributed by atoms with van der Waals surface area (Å²) < 4.78 is 16.5. The molecule has 2 fully saturated rings. The van der Waals surface area contributed by atoms with Crippen molar-refractivity contribution in [2.45, 2.75) is 56.9 Å². The fourth-order valence-corrected chi connectivity index (χ4v) is 5.50. The predicted octanol–water partition coefficient (Wildman–Crippen LogP) is 3.16. The third-order valence-electron chi connectivity index (χ3n) is 6.48. The van der Waals surface area contributed by atoms with Gasteiger partial charge in [-0.1, -0.05) is 35.2 Å². The Balaban J connectivity index is 1.61. The quantitative estimate of drug-likeness (QED) is 0.366. The number of carbonyl (C=O) groups is 3. The molecular formula is C25H30FN5O4S. The number of hydrogen-bond acceptors (Lipinski definition) is 8. The highest BCUT2D eigenvalue weighted by Gasteiger charge is 2.41. The van der Waals surface area contributed by atoms with E-state index in [-0.39, 0.29) is 28.5 Å². The molecule has 11 heteroatoms. The number of carbonyl (C=O) groups excluding carboxylic acids is 3. The second-order valence-electron chi connectivity index (χ2n) is 9.20. The number of benzene rings is 1. The van der Waals surface area contributed by atoms with Crippen molar-refractivity contribution in [2.24, 2.45) is 5.92 Å². The highest BCUT2D eigenvalue weighted by atomic mass is 32.2. The Morgan fingerprint density at radius 2 is 2.06 bits per heavy atom. The first-order valence-electron chi connectivity index (χ1n) is 12.1. The highest BCUT2D eigenvalue weighted by Crippen LogP contribution is 2.40. The maximum atomic E-state index is 14.8. The van der Waals surface area contributed by atoms with Crippen LogP contribution in [0.2, 0.25) is 0 Å². The summed E-state index contributed by atoms with van der Waals surface area (Å²) in [5, 5.41) is 16.7. The maximum absolute atomic E-state index is 14.8. The highest BCUT2D eigenvalue weighted by molar-refractivity contribution is 8.14. The van der Waals surface area contributed by atoms with Gasteiger partial charge in [0.05, 0.1) is 17.9 Å². The van der Waals surface area contributed by atoms with Crippen LogP contribution in [-0.2, 0) is 20.9 Å². The summed E-state index contributed by atoms with van der Waals surface area (Å²) in [5.41, 5.74) is 3.65. The van der Waals surface area contributed by atoms with Crippen LogP contribution in [0, 0.1) is 11.7 Å². The molecule has 2 N–H and O–H groups in total. The molecule has 2 aromatic rings. The standard InChI is InChI=1S/C25H30FN5O4S/c1-16(32)36-22-10-12-30(24(25(34)17-8-9-17)20-5-2-3-6-21(20)26)15-18(22)13-19-14-27-29-31(19)11-4-7-23(33)28-35/h2-3,5-6,13-14,17,22,24,35H,4,7-12,15H2,1H3,(H,28,33)/b18-13+. The van der Waals surface area contributed by atoms with E-state index in [0.29, 0.717) is 43.7 Å². The van der Waals surface area contributed by atoms with Crippen LogP contribution in [0.15, 0.2) is 36.0 Å². The van der Waals surface area contributed by atoms with E-state index in [9.17, 15) is 18.8 Å². The van der Waals surface area contributed by atoms with Gasteiger partial charge in [0.25, 0.3) is 0 Å². The fourth-order valence-electron chi connectivity index (χ4n) is 4.58. The molecule has 9 nitrogen and oxygen atoms in total. The number of thioether (sulfide) groups is 1. The van der Waals surface area contributed by atoms with Crippen molar-refractivity contribution in [1.29, 1.82) is 0 Å². The van der Waals surface area contributed by atoms with E-state index < -0.39 is 17.8 Å². The molecule has 0 bridgehead atoms. The van der Waals surface area contributed by atoms with E-state index in [4.69, 9.17) is 5.21 Å². The number of hydroxylamine groups is 1. The van der Waals surface area contributed by atoms with Crippen molar-refractivity contribution in [3.8, 4) is 0 Å². The zero-order valence-electron chi connectivity index (χ0n) is 20.1. The van der Waals surface area contributed by atoms with Crippen LogP contribution in [0.25, 0.3) is 6.08 Å². The van der Waals surface area contributed by atoms with Crippen LogP contribution in [0.1, 0.15) is 56.3 Å². The lowest BCUT2D eigenvalue weighted by Gasteiger charge is -2.38. The Morgan fingerprint density at radius 3 is 2.75 bits per heavy atom. The zero-order chi connectivity index (χ0) is 25.7. The summed E-state index contributed by atoms with van der Waals surface area (Å²) in [6, 6.07) is 5.77. The molecule has 36 heavy (non-hydrogen) atoms. The van der Waals surface area contributed by atoms with Crippen molar-refractivity contribution in [3.63, 3.8) is 0 Å². The second-order valence-corrected chi connectivity index (χ2v) is 10.6. The first-order valence-corrected chi connectivity index (χ1v) is 13.0. The van der Waals surface area contributed by atoms with Crippen molar-refractivity contribution < 1.29 is 24.0 Å². The first-order chi connectivity index (χ1) is 17.4. The number of halogens is 1. The smallest absolute Gasteiger partial charge is 0.243 e. The van der Waals surface area contributed by atoms with Crippen LogP contribution < -0.4 is 5.48 Å². The molecule has 0 spiro atoms. The Labute approximate surface area is 213 Å². The van der Waals surface area contributed by atoms with Gasteiger partial charge in [-0.3, -0.25) is 24.5 Å². The number of Topliss-reactive ketones (excluding diaryl/α,β-unsaturated/α-hetero) is 1. The lowest BCUT2D eigenvalue weighted by atomic mass is 9.93. The van der Waals surface area contributed by atoms with Gasteiger partial charge in [-0.2, -0.15) is 0 Å². The average molecular weight is 516 g/mol. The minimum Gasteiger partial charge on any atom is -0.297 e. The Kier molecular flexibility index (Phi) is 8.65. The Morgan fingerprint density at radius 1 is 1.28 bits per heavy atom. The third kappa shape index (κ3) is 6.45. The van der Waals surface area contributed by atoms with Gasteiger partial charge in [-0.15, -0.1) is 5.10 Å². The molecular weight excluding hydrogens is 485 g/mol. The molecule has 1 aromatic heterocycles. The number of likely N-dealkylation sites (tertiary alicyclic amines) is 1. The monoisotopic (exact) mass is 515 g/mol. The Hall–Kier alpha value is -2.89. The SMILES string of the molecule is CC(=O)SC1CCN(C(C(=O)C2CC2)c2ccccc2F)C/C1=C\c1cnnn1CCCC(=O)NO. The molecule has 1 aliphatic carbocycles. The molecule has 1 amide bonds. The predicted molar refractivity (Wildman–Crippen MR) is 132 cm³/mol. The maximum Gasteiger partial charge on any atom is 0.243 e. The van der Waals surface area contributed by atoms with Crippen LogP contribution >= 0.6 is 11.8 Å². The first kappa shape index (κ1) is 26.2. The van der Waals surface area contributed by atoms with Gasteiger partial charge in [0.2, 0.25) is 5.91 Å². The van der Waals surface area contributed by atoms with Crippen LogP contribution in [0.5, 0.6) is 0 Å². The molecule has 2 aliphatic rings. The summed E-state index contributed by atoms with van der Waals surface area (Å²) in [7, 11) is 0. The molecule has 2 heterocycles. The minimum absolute atomic E-state index is 0.000657. The number of nitrogens with zero attached hydrogens (tertiary/aromatic N) is 4. The van der Waals surface area contributed by atoms with E-state index >= 15 is 0 Å². The van der Waals surface area contributed by atoms with Crippen molar-refractivity contribution in [2.75, 3.05) is 13.1 Å². The molecule has 1 saturated heterocycles. The Bertz CT molecular complexity index is 1150. The summed E-state index contributed by atoms with van der Waals surface area (Å²) in [6.45, 7) is 2.91. The molecule has 4 rings (SSSR count). The zero-order valence-corrected chi connectivity index (χ0v) is 20.9. The van der Waals surface area contributed by atoms with Crippen LogP contribution in [0.3, 0.4) is 0 Å². The fraction of sp³-hybridized carbons (Fsp3) is 0.480. The second kappa shape index (κ2) is 11.9. The van der Waals surface area contributed by atoms with Gasteiger partial charge in [0.1, 0.15) is 5.82 Å². The molecule has 2 unspecified atom stereocenters. The number of nitrogens with one attached hydrogen (secondary N) is 1. The van der Waals surface area contributed by atoms with Gasteiger partial charge in [-0.25, -0.2) is 14.6 Å². The summed E-state index contributed by atoms with van der Waals surface area (Å²) >= 11 is 1.25. The number of aromatic nitrogens is 3. The van der Waals surface area contributed by atoms with Gasteiger partial charge in [0.15, 0.2) is 10.9 Å². The van der Waals surface area contributed by atoms with Gasteiger partial charge >= 0.3 is 0 Å². The largest absolute Gasteiger partial charge is 0.297 e. The number of hydrogen-bond donors (Lipinski definition) is 2. The van der Waals surface area contributed by atoms with Crippen molar-refractivity contribution in [3.05, 3.63) is 53.1 Å². The molecule has 0 radical (unpaired) electrons. The summed E-state index contributed by atoms with van der Waals surface area (Å²) in [5.74, 6) is -0.856. The van der Waals surface area contributed by atoms with Gasteiger partial charge < -0.3 is 0 Å². The normalized spacial score (nSPS) is 20.3. The molecule has 1 aliphatic heterocycles. The topological polar surface area (TPSA) is 117 Å². The number of piperidine rings is 1. The lowest BCUT2D eigenvalue weighted by Crippen LogP contribution is -2.43. The minimum atomic E-state index is -0.676. The van der Waals surface area contributed by atoms with Crippen molar-refractivity contribution in [1.82, 2.24) is 25.4 Å². The van der Waals surface area contributed by atoms with E-state index in [1.165, 1.54) is 24.8 Å². The van der Waals surface area contributed by atoms with E-state index in [2.05, 4.69) is 10.3 Å². The van der Waals surface area contributed by atoms with E-state index in [1.807, 2.05) is 11.0 Å². The summed E-state index contributed by atoms with van der Waals surface area (Å²) in [6.07, 6.45) is 6.43. The van der Waals surface area contributed by atoms with Gasteiger partial charge in [0, 0.05) is 49.7 Å². The van der Waals surface area contributed by atoms with Gasteiger partial charge in [-0.05, 0) is 43.4 Å². The number of rotatable bonds is 10. The van der Waals surface area contributed by atoms with E-state index in [1.54, 1.807) is 34.6 Å². The molecule has 1 saturated carbocycles. The number of amides is 1. The number of aryl methyl sites for hydroxylation is 1. The average Bonchev–Trinajstić information content (AvgIpc) is 3.62. The van der Waals surface area contributed by atoms with Crippen molar-refractivity contribution >= 4 is 34.6 Å². The molecule has 1 aromatic carbocycles. The van der Waals surface area contributed by atoms with E-state index in [0.717, 1.165) is 18.4 Å². The lowest BCUT2D eigenvalue weighted by molar-refractivity contribution is -0.129. The van der Waals surface area contributed by atoms with Crippen LogP contribution in [0.4, 0.5) is 4.39 Å².